The number of halogens is 1. The van der Waals surface area contributed by atoms with E-state index in [0.29, 0.717) is 12.0 Å². The third-order valence-electron chi connectivity index (χ3n) is 2.29. The van der Waals surface area contributed by atoms with Gasteiger partial charge in [0.25, 0.3) is 0 Å². The van der Waals surface area contributed by atoms with Gasteiger partial charge >= 0.3 is 6.09 Å². The van der Waals surface area contributed by atoms with Gasteiger partial charge in [0.1, 0.15) is 11.6 Å². The fourth-order valence-corrected chi connectivity index (χ4v) is 1.56. The van der Waals surface area contributed by atoms with Crippen molar-refractivity contribution in [3.05, 3.63) is 29.6 Å². The average molecular weight is 211 g/mol. The summed E-state index contributed by atoms with van der Waals surface area (Å²) in [6, 6.07) is 3.49. The van der Waals surface area contributed by atoms with Crippen LogP contribution >= 0.6 is 0 Å². The molecule has 1 aliphatic rings. The van der Waals surface area contributed by atoms with Gasteiger partial charge in [0.15, 0.2) is 0 Å². The zero-order chi connectivity index (χ0) is 10.8. The molecule has 5 heteroatoms. The largest absolute Gasteiger partial charge is 0.508 e. The molecule has 15 heavy (non-hydrogen) atoms. The Kier molecular flexibility index (Phi) is 2.45. The second-order valence-electron chi connectivity index (χ2n) is 3.33. The van der Waals surface area contributed by atoms with Crippen molar-refractivity contribution in [1.82, 2.24) is 5.32 Å². The van der Waals surface area contributed by atoms with Gasteiger partial charge in [-0.3, -0.25) is 0 Å². The van der Waals surface area contributed by atoms with Gasteiger partial charge in [-0.1, -0.05) is 6.07 Å². The standard InChI is InChI=1S/C10H10FNO3/c11-8-5-6(13)1-2-7(8)9-3-4-15-10(14)12-9/h1-2,5,9,13H,3-4H2,(H,12,14)/t9-/m0/s1. The van der Waals surface area contributed by atoms with Crippen LogP contribution in [0.25, 0.3) is 0 Å². The summed E-state index contributed by atoms with van der Waals surface area (Å²) in [6.45, 7) is 0.275. The molecule has 0 unspecified atom stereocenters. The summed E-state index contributed by atoms with van der Waals surface area (Å²) in [7, 11) is 0. The third-order valence-corrected chi connectivity index (χ3v) is 2.29. The highest BCUT2D eigenvalue weighted by Crippen LogP contribution is 2.25. The lowest BCUT2D eigenvalue weighted by Crippen LogP contribution is -2.35. The summed E-state index contributed by atoms with van der Waals surface area (Å²) in [5, 5.41) is 11.5. The van der Waals surface area contributed by atoms with E-state index >= 15 is 0 Å². The zero-order valence-corrected chi connectivity index (χ0v) is 7.87. The Labute approximate surface area is 85.7 Å². The number of amides is 1. The number of phenols is 1. The van der Waals surface area contributed by atoms with Crippen LogP contribution in [-0.4, -0.2) is 17.8 Å². The number of alkyl carbamates (subject to hydrolysis) is 1. The predicted octanol–water partition coefficient (Wildman–Crippen LogP) is 1.70. The van der Waals surface area contributed by atoms with Crippen molar-refractivity contribution in [1.29, 1.82) is 0 Å². The molecule has 80 valence electrons. The van der Waals surface area contributed by atoms with Crippen LogP contribution in [0.1, 0.15) is 18.0 Å². The van der Waals surface area contributed by atoms with Crippen LogP contribution in [0.4, 0.5) is 9.18 Å². The fourth-order valence-electron chi connectivity index (χ4n) is 1.56. The minimum absolute atomic E-state index is 0.130. The molecular formula is C10H10FNO3. The fraction of sp³-hybridized carbons (Fsp3) is 0.300. The van der Waals surface area contributed by atoms with Crippen molar-refractivity contribution >= 4 is 6.09 Å². The van der Waals surface area contributed by atoms with Gasteiger partial charge < -0.3 is 15.2 Å². The molecule has 1 amide bonds. The number of hydrogen-bond donors (Lipinski definition) is 2. The molecule has 2 N–H and O–H groups in total. The average Bonchev–Trinajstić information content (AvgIpc) is 2.17. The van der Waals surface area contributed by atoms with E-state index in [-0.39, 0.29) is 18.4 Å². The quantitative estimate of drug-likeness (QED) is 0.743. The van der Waals surface area contributed by atoms with Crippen LogP contribution in [0.2, 0.25) is 0 Å². The molecule has 2 rings (SSSR count). The molecule has 0 saturated carbocycles. The van der Waals surface area contributed by atoms with Crippen LogP contribution < -0.4 is 5.32 Å². The molecule has 0 bridgehead atoms. The molecule has 0 aromatic heterocycles. The molecule has 1 aromatic rings. The highest BCUT2D eigenvalue weighted by atomic mass is 19.1. The Hall–Kier alpha value is -1.78. The summed E-state index contributed by atoms with van der Waals surface area (Å²) < 4.78 is 18.1. The van der Waals surface area contributed by atoms with Gasteiger partial charge in [0, 0.05) is 18.1 Å². The van der Waals surface area contributed by atoms with E-state index in [2.05, 4.69) is 10.1 Å². The van der Waals surface area contributed by atoms with E-state index in [1.807, 2.05) is 0 Å². The zero-order valence-electron chi connectivity index (χ0n) is 7.87. The predicted molar refractivity (Wildman–Crippen MR) is 49.9 cm³/mol. The van der Waals surface area contributed by atoms with Crippen LogP contribution in [0.15, 0.2) is 18.2 Å². The molecule has 0 aliphatic carbocycles. The first-order valence-corrected chi connectivity index (χ1v) is 4.58. The molecule has 4 nitrogen and oxygen atoms in total. The smallest absolute Gasteiger partial charge is 0.407 e. The number of nitrogens with one attached hydrogen (secondary N) is 1. The number of rotatable bonds is 1. The maximum absolute atomic E-state index is 13.4. The first kappa shape index (κ1) is 9.76. The molecule has 1 saturated heterocycles. The molecule has 1 atom stereocenters. The maximum atomic E-state index is 13.4. The van der Waals surface area contributed by atoms with Crippen molar-refractivity contribution in [3.63, 3.8) is 0 Å². The van der Waals surface area contributed by atoms with E-state index in [4.69, 9.17) is 5.11 Å². The monoisotopic (exact) mass is 211 g/mol. The van der Waals surface area contributed by atoms with Crippen molar-refractivity contribution < 1.29 is 19.0 Å². The highest BCUT2D eigenvalue weighted by molar-refractivity contribution is 5.68. The third kappa shape index (κ3) is 2.01. The molecule has 0 radical (unpaired) electrons. The van der Waals surface area contributed by atoms with E-state index in [9.17, 15) is 9.18 Å². The number of ether oxygens (including phenoxy) is 1. The molecule has 1 fully saturated rings. The number of hydrogen-bond acceptors (Lipinski definition) is 3. The van der Waals surface area contributed by atoms with Gasteiger partial charge in [-0.25, -0.2) is 9.18 Å². The highest BCUT2D eigenvalue weighted by Gasteiger charge is 2.23. The number of aromatic hydroxyl groups is 1. The van der Waals surface area contributed by atoms with Gasteiger partial charge in [-0.15, -0.1) is 0 Å². The van der Waals surface area contributed by atoms with Crippen molar-refractivity contribution in [2.45, 2.75) is 12.5 Å². The summed E-state index contributed by atoms with van der Waals surface area (Å²) in [6.07, 6.45) is -0.0216. The lowest BCUT2D eigenvalue weighted by Gasteiger charge is -2.23. The summed E-state index contributed by atoms with van der Waals surface area (Å²) in [4.78, 5) is 10.9. The number of phenolic OH excluding ortho intramolecular Hbond substituents is 1. The number of benzene rings is 1. The Morgan fingerprint density at radius 1 is 1.53 bits per heavy atom. The molecule has 1 aliphatic heterocycles. The molecular weight excluding hydrogens is 201 g/mol. The normalized spacial score (nSPS) is 20.6. The number of carbonyl (C=O) groups excluding carboxylic acids is 1. The molecule has 1 aromatic carbocycles. The van der Waals surface area contributed by atoms with E-state index in [0.717, 1.165) is 6.07 Å². The van der Waals surface area contributed by atoms with Gasteiger partial charge in [0.05, 0.1) is 12.6 Å². The number of carbonyl (C=O) groups is 1. The Morgan fingerprint density at radius 2 is 2.33 bits per heavy atom. The van der Waals surface area contributed by atoms with E-state index in [1.54, 1.807) is 0 Å². The number of cyclic esters (lactones) is 1. The van der Waals surface area contributed by atoms with E-state index < -0.39 is 11.9 Å². The first-order valence-electron chi connectivity index (χ1n) is 4.58. The molecule has 0 spiro atoms. The van der Waals surface area contributed by atoms with E-state index in [1.165, 1.54) is 12.1 Å². The lowest BCUT2D eigenvalue weighted by molar-refractivity contribution is 0.115. The Bertz CT molecular complexity index is 394. The van der Waals surface area contributed by atoms with Crippen molar-refractivity contribution in [2.75, 3.05) is 6.61 Å². The molecule has 1 heterocycles. The summed E-state index contributed by atoms with van der Waals surface area (Å²) in [5.41, 5.74) is 0.365. The van der Waals surface area contributed by atoms with Crippen molar-refractivity contribution in [3.8, 4) is 5.75 Å². The first-order chi connectivity index (χ1) is 7.16. The van der Waals surface area contributed by atoms with Gasteiger partial charge in [-0.2, -0.15) is 0 Å². The summed E-state index contributed by atoms with van der Waals surface area (Å²) in [5.74, 6) is -0.656. The topological polar surface area (TPSA) is 58.6 Å². The van der Waals surface area contributed by atoms with Gasteiger partial charge in [0.2, 0.25) is 0 Å². The summed E-state index contributed by atoms with van der Waals surface area (Å²) >= 11 is 0. The minimum atomic E-state index is -0.543. The minimum Gasteiger partial charge on any atom is -0.508 e. The van der Waals surface area contributed by atoms with Crippen molar-refractivity contribution in [2.24, 2.45) is 0 Å². The van der Waals surface area contributed by atoms with Crippen LogP contribution in [0.5, 0.6) is 5.75 Å². The van der Waals surface area contributed by atoms with Crippen LogP contribution in [0, 0.1) is 5.82 Å². The Balaban J connectivity index is 2.24. The SMILES string of the molecule is O=C1N[C@H](c2ccc(O)cc2F)CCO1. The second-order valence-corrected chi connectivity index (χ2v) is 3.33. The Morgan fingerprint density at radius 3 is 3.00 bits per heavy atom. The van der Waals surface area contributed by atoms with Crippen LogP contribution in [-0.2, 0) is 4.74 Å². The second kappa shape index (κ2) is 3.76. The van der Waals surface area contributed by atoms with Gasteiger partial charge in [-0.05, 0) is 6.07 Å². The lowest BCUT2D eigenvalue weighted by atomic mass is 10.0. The van der Waals surface area contributed by atoms with Crippen LogP contribution in [0.3, 0.4) is 0 Å². The maximum Gasteiger partial charge on any atom is 0.407 e.